The highest BCUT2D eigenvalue weighted by atomic mass is 32.2. The average molecular weight is 312 g/mol. The molecule has 1 aromatic carbocycles. The summed E-state index contributed by atoms with van der Waals surface area (Å²) in [4.78, 5) is 12.0. The molecule has 2 N–H and O–H groups in total. The van der Waals surface area contributed by atoms with Crippen LogP contribution in [0.2, 0.25) is 0 Å². The lowest BCUT2D eigenvalue weighted by Gasteiger charge is -2.28. The predicted molar refractivity (Wildman–Crippen MR) is 80.4 cm³/mol. The van der Waals surface area contributed by atoms with Crippen molar-refractivity contribution in [3.05, 3.63) is 28.8 Å². The number of fused-ring (bicyclic) bond motifs is 1. The summed E-state index contributed by atoms with van der Waals surface area (Å²) in [7, 11) is -3.22. The van der Waals surface area contributed by atoms with Gasteiger partial charge >= 0.3 is 5.97 Å². The van der Waals surface area contributed by atoms with E-state index in [0.717, 1.165) is 11.1 Å². The van der Waals surface area contributed by atoms with Gasteiger partial charge in [-0.15, -0.1) is 0 Å². The van der Waals surface area contributed by atoms with Crippen LogP contribution in [0.4, 0.5) is 5.69 Å². The van der Waals surface area contributed by atoms with Crippen LogP contribution in [0.5, 0.6) is 0 Å². The van der Waals surface area contributed by atoms with Crippen LogP contribution < -0.4 is 5.73 Å². The Kier molecular flexibility index (Phi) is 4.25. The van der Waals surface area contributed by atoms with Gasteiger partial charge in [-0.3, -0.25) is 0 Å². The molecule has 0 aliphatic carbocycles. The van der Waals surface area contributed by atoms with Crippen LogP contribution in [-0.4, -0.2) is 37.6 Å². The largest absolute Gasteiger partial charge is 0.459 e. The van der Waals surface area contributed by atoms with Crippen LogP contribution in [-0.2, 0) is 27.7 Å². The summed E-state index contributed by atoms with van der Waals surface area (Å²) in [6, 6.07) is 3.35. The third-order valence-electron chi connectivity index (χ3n) is 3.44. The predicted octanol–water partition coefficient (Wildman–Crippen LogP) is 1.15. The first-order valence-corrected chi connectivity index (χ1v) is 8.61. The van der Waals surface area contributed by atoms with E-state index in [4.69, 9.17) is 10.5 Å². The number of carbonyl (C=O) groups is 1. The standard InChI is InChI=1S/C14H20N2O4S/c1-9(2)20-14(17)12-5-4-10-8-16(21(3,18)19)7-6-11(10)13(12)15/h4-5,9H,6-8,15H2,1-3H3. The monoisotopic (exact) mass is 312 g/mol. The number of ether oxygens (including phenoxy) is 1. The first-order valence-electron chi connectivity index (χ1n) is 6.76. The molecule has 1 aliphatic heterocycles. The molecule has 0 radical (unpaired) electrons. The topological polar surface area (TPSA) is 89.7 Å². The molecule has 21 heavy (non-hydrogen) atoms. The minimum absolute atomic E-state index is 0.214. The zero-order valence-corrected chi connectivity index (χ0v) is 13.2. The van der Waals surface area contributed by atoms with Gasteiger partial charge in [0.2, 0.25) is 10.0 Å². The van der Waals surface area contributed by atoms with Crippen LogP contribution in [0.15, 0.2) is 12.1 Å². The van der Waals surface area contributed by atoms with Crippen molar-refractivity contribution in [1.29, 1.82) is 0 Å². The number of anilines is 1. The van der Waals surface area contributed by atoms with E-state index in [1.165, 1.54) is 10.6 Å². The van der Waals surface area contributed by atoms with Crippen molar-refractivity contribution < 1.29 is 17.9 Å². The van der Waals surface area contributed by atoms with Crippen molar-refractivity contribution in [1.82, 2.24) is 4.31 Å². The molecule has 0 saturated heterocycles. The van der Waals surface area contributed by atoms with E-state index in [1.807, 2.05) is 0 Å². The number of benzene rings is 1. The molecular formula is C14H20N2O4S. The van der Waals surface area contributed by atoms with Crippen LogP contribution >= 0.6 is 0 Å². The summed E-state index contributed by atoms with van der Waals surface area (Å²) >= 11 is 0. The number of carbonyl (C=O) groups excluding carboxylic acids is 1. The van der Waals surface area contributed by atoms with Gasteiger partial charge in [0.05, 0.1) is 17.9 Å². The molecule has 2 rings (SSSR count). The van der Waals surface area contributed by atoms with E-state index in [0.29, 0.717) is 24.2 Å². The normalized spacial score (nSPS) is 15.8. The molecule has 0 bridgehead atoms. The summed E-state index contributed by atoms with van der Waals surface area (Å²) in [6.07, 6.45) is 1.47. The van der Waals surface area contributed by atoms with Crippen LogP contribution in [0.1, 0.15) is 35.3 Å². The van der Waals surface area contributed by atoms with Crippen molar-refractivity contribution in [2.75, 3.05) is 18.5 Å². The molecule has 1 aromatic rings. The Morgan fingerprint density at radius 3 is 2.62 bits per heavy atom. The summed E-state index contributed by atoms with van der Waals surface area (Å²) in [5.74, 6) is -0.448. The first kappa shape index (κ1) is 15.8. The Balaban J connectivity index is 2.33. The second-order valence-electron chi connectivity index (χ2n) is 5.47. The average Bonchev–Trinajstić information content (AvgIpc) is 2.36. The number of hydrogen-bond donors (Lipinski definition) is 1. The van der Waals surface area contributed by atoms with Gasteiger partial charge < -0.3 is 10.5 Å². The molecule has 7 heteroatoms. The molecule has 6 nitrogen and oxygen atoms in total. The highest BCUT2D eigenvalue weighted by Crippen LogP contribution is 2.29. The quantitative estimate of drug-likeness (QED) is 0.668. The summed E-state index contributed by atoms with van der Waals surface area (Å²) < 4.78 is 29.8. The van der Waals surface area contributed by atoms with Gasteiger partial charge in [-0.1, -0.05) is 6.07 Å². The second kappa shape index (κ2) is 5.65. The van der Waals surface area contributed by atoms with Gasteiger partial charge in [-0.25, -0.2) is 13.2 Å². The smallest absolute Gasteiger partial charge is 0.340 e. The summed E-state index contributed by atoms with van der Waals surface area (Å²) in [5.41, 5.74) is 8.48. The van der Waals surface area contributed by atoms with E-state index >= 15 is 0 Å². The Morgan fingerprint density at radius 2 is 2.05 bits per heavy atom. The van der Waals surface area contributed by atoms with Crippen molar-refractivity contribution in [2.24, 2.45) is 0 Å². The highest BCUT2D eigenvalue weighted by molar-refractivity contribution is 7.88. The third kappa shape index (κ3) is 3.36. The molecule has 1 heterocycles. The molecule has 116 valence electrons. The molecule has 0 saturated carbocycles. The van der Waals surface area contributed by atoms with Gasteiger partial charge in [0.1, 0.15) is 0 Å². The SMILES string of the molecule is CC(C)OC(=O)c1ccc2c(c1N)CCN(S(C)(=O)=O)C2. The Bertz CT molecular complexity index is 668. The fraction of sp³-hybridized carbons (Fsp3) is 0.500. The minimum atomic E-state index is -3.22. The minimum Gasteiger partial charge on any atom is -0.459 e. The zero-order chi connectivity index (χ0) is 15.8. The van der Waals surface area contributed by atoms with Gasteiger partial charge in [0.15, 0.2) is 0 Å². The number of rotatable bonds is 3. The van der Waals surface area contributed by atoms with Crippen molar-refractivity contribution in [3.8, 4) is 0 Å². The molecule has 0 amide bonds. The number of esters is 1. The van der Waals surface area contributed by atoms with Gasteiger partial charge in [0.25, 0.3) is 0 Å². The fourth-order valence-electron chi connectivity index (χ4n) is 2.40. The third-order valence-corrected chi connectivity index (χ3v) is 4.69. The number of hydrogen-bond acceptors (Lipinski definition) is 5. The molecule has 0 aromatic heterocycles. The maximum Gasteiger partial charge on any atom is 0.340 e. The Morgan fingerprint density at radius 1 is 1.38 bits per heavy atom. The highest BCUT2D eigenvalue weighted by Gasteiger charge is 2.26. The van der Waals surface area contributed by atoms with Crippen molar-refractivity contribution in [2.45, 2.75) is 32.9 Å². The van der Waals surface area contributed by atoms with Crippen molar-refractivity contribution >= 4 is 21.7 Å². The Hall–Kier alpha value is -1.60. The molecule has 0 unspecified atom stereocenters. The summed E-state index contributed by atoms with van der Waals surface area (Å²) in [6.45, 7) is 4.21. The number of nitrogen functional groups attached to an aromatic ring is 1. The lowest BCUT2D eigenvalue weighted by atomic mass is 9.96. The van der Waals surface area contributed by atoms with Gasteiger partial charge in [0, 0.05) is 18.8 Å². The van der Waals surface area contributed by atoms with E-state index in [-0.39, 0.29) is 12.6 Å². The maximum atomic E-state index is 12.0. The van der Waals surface area contributed by atoms with Crippen LogP contribution in [0.3, 0.4) is 0 Å². The van der Waals surface area contributed by atoms with Crippen LogP contribution in [0, 0.1) is 0 Å². The second-order valence-corrected chi connectivity index (χ2v) is 7.45. The van der Waals surface area contributed by atoms with Gasteiger partial charge in [-0.2, -0.15) is 4.31 Å². The molecule has 0 spiro atoms. The first-order chi connectivity index (χ1) is 9.70. The number of nitrogens with zero attached hydrogens (tertiary/aromatic N) is 1. The van der Waals surface area contributed by atoms with E-state index < -0.39 is 16.0 Å². The molecule has 1 aliphatic rings. The lowest BCUT2D eigenvalue weighted by Crippen LogP contribution is -2.35. The molecule has 0 fully saturated rings. The lowest BCUT2D eigenvalue weighted by molar-refractivity contribution is 0.0379. The molecule has 0 atom stereocenters. The number of sulfonamides is 1. The van der Waals surface area contributed by atoms with E-state index in [2.05, 4.69) is 0 Å². The van der Waals surface area contributed by atoms with E-state index in [9.17, 15) is 13.2 Å². The molecular weight excluding hydrogens is 292 g/mol. The number of nitrogens with two attached hydrogens (primary N) is 1. The Labute approximate surface area is 124 Å². The summed E-state index contributed by atoms with van der Waals surface area (Å²) in [5, 5.41) is 0. The van der Waals surface area contributed by atoms with Gasteiger partial charge in [-0.05, 0) is 37.5 Å². The maximum absolute atomic E-state index is 12.0. The van der Waals surface area contributed by atoms with E-state index in [1.54, 1.807) is 26.0 Å². The fourth-order valence-corrected chi connectivity index (χ4v) is 3.19. The van der Waals surface area contributed by atoms with Crippen molar-refractivity contribution in [3.63, 3.8) is 0 Å². The zero-order valence-electron chi connectivity index (χ0n) is 12.4. The van der Waals surface area contributed by atoms with Crippen LogP contribution in [0.25, 0.3) is 0 Å².